The van der Waals surface area contributed by atoms with Crippen LogP contribution < -0.4 is 10.2 Å². The van der Waals surface area contributed by atoms with Crippen molar-refractivity contribution in [1.82, 2.24) is 10.3 Å². The van der Waals surface area contributed by atoms with E-state index in [-0.39, 0.29) is 12.1 Å². The van der Waals surface area contributed by atoms with Gasteiger partial charge in [-0.05, 0) is 44.2 Å². The zero-order chi connectivity index (χ0) is 14.4. The molecular formula is C16H27N3O. The zero-order valence-corrected chi connectivity index (χ0v) is 12.7. The molecule has 0 aliphatic carbocycles. The van der Waals surface area contributed by atoms with Gasteiger partial charge in [0, 0.05) is 38.0 Å². The van der Waals surface area contributed by atoms with Gasteiger partial charge >= 0.3 is 0 Å². The number of aliphatic hydroxyl groups excluding tert-OH is 1. The minimum atomic E-state index is 0.00236. The summed E-state index contributed by atoms with van der Waals surface area (Å²) >= 11 is 0. The van der Waals surface area contributed by atoms with E-state index in [1.54, 1.807) is 0 Å². The van der Waals surface area contributed by atoms with Gasteiger partial charge in [-0.15, -0.1) is 0 Å². The largest absolute Gasteiger partial charge is 0.396 e. The molecule has 0 bridgehead atoms. The molecule has 1 aromatic heterocycles. The molecule has 1 saturated heterocycles. The van der Waals surface area contributed by atoms with E-state index < -0.39 is 0 Å². The van der Waals surface area contributed by atoms with E-state index in [2.05, 4.69) is 41.2 Å². The number of rotatable bonds is 7. The fraction of sp³-hybridized carbons (Fsp3) is 0.688. The molecule has 0 aromatic carbocycles. The summed E-state index contributed by atoms with van der Waals surface area (Å²) in [7, 11) is 0. The number of nitrogens with one attached hydrogen (secondary N) is 1. The van der Waals surface area contributed by atoms with Crippen molar-refractivity contribution in [3.05, 3.63) is 23.9 Å². The Hall–Kier alpha value is -1.13. The van der Waals surface area contributed by atoms with Crippen molar-refractivity contribution in [1.29, 1.82) is 0 Å². The maximum absolute atomic E-state index is 9.13. The quantitative estimate of drug-likeness (QED) is 0.803. The second-order valence-corrected chi connectivity index (χ2v) is 5.96. The Morgan fingerprint density at radius 1 is 1.35 bits per heavy atom. The summed E-state index contributed by atoms with van der Waals surface area (Å²) in [5.74, 6) is 1.10. The third kappa shape index (κ3) is 3.93. The van der Waals surface area contributed by atoms with E-state index in [1.807, 2.05) is 6.20 Å². The van der Waals surface area contributed by atoms with E-state index in [0.29, 0.717) is 0 Å². The highest BCUT2D eigenvalue weighted by molar-refractivity contribution is 5.40. The minimum absolute atomic E-state index is 0.00236. The van der Waals surface area contributed by atoms with Crippen LogP contribution in [0, 0.1) is 0 Å². The summed E-state index contributed by atoms with van der Waals surface area (Å²) in [5.41, 5.74) is 1.20. The molecule has 1 aromatic rings. The first-order chi connectivity index (χ1) is 9.67. The monoisotopic (exact) mass is 277 g/mol. The van der Waals surface area contributed by atoms with Gasteiger partial charge in [-0.1, -0.05) is 13.0 Å². The third-order valence-corrected chi connectivity index (χ3v) is 4.40. The van der Waals surface area contributed by atoms with Gasteiger partial charge in [-0.2, -0.15) is 0 Å². The molecular weight excluding hydrogens is 250 g/mol. The maximum Gasteiger partial charge on any atom is 0.128 e. The van der Waals surface area contributed by atoms with Crippen molar-refractivity contribution < 1.29 is 5.11 Å². The van der Waals surface area contributed by atoms with Crippen LogP contribution in [0.1, 0.15) is 45.1 Å². The average Bonchev–Trinajstić information content (AvgIpc) is 3.00. The highest BCUT2D eigenvalue weighted by Gasteiger charge is 2.20. The van der Waals surface area contributed by atoms with Crippen molar-refractivity contribution in [3.63, 3.8) is 0 Å². The summed E-state index contributed by atoms with van der Waals surface area (Å²) in [6.45, 7) is 7.61. The molecule has 0 amide bonds. The molecule has 1 aliphatic heterocycles. The molecule has 0 saturated carbocycles. The van der Waals surface area contributed by atoms with Gasteiger partial charge < -0.3 is 15.3 Å². The minimum Gasteiger partial charge on any atom is -0.396 e. The average molecular weight is 277 g/mol. The maximum atomic E-state index is 9.13. The molecule has 4 nitrogen and oxygen atoms in total. The molecule has 1 fully saturated rings. The van der Waals surface area contributed by atoms with Crippen LogP contribution in [0.5, 0.6) is 0 Å². The van der Waals surface area contributed by atoms with Gasteiger partial charge in [0.15, 0.2) is 0 Å². The second-order valence-electron chi connectivity index (χ2n) is 5.96. The van der Waals surface area contributed by atoms with Crippen molar-refractivity contribution in [2.75, 3.05) is 24.6 Å². The van der Waals surface area contributed by atoms with Crippen LogP contribution in [0.4, 0.5) is 5.82 Å². The SMILES string of the molecule is CCC(C)(CCO)NCc1ccc(N2CCCC2)nc1. The Bertz CT molecular complexity index is 401. The molecule has 1 aliphatic rings. The highest BCUT2D eigenvalue weighted by Crippen LogP contribution is 2.18. The molecule has 4 heteroatoms. The van der Waals surface area contributed by atoms with Gasteiger partial charge in [-0.3, -0.25) is 0 Å². The predicted molar refractivity (Wildman–Crippen MR) is 82.9 cm³/mol. The lowest BCUT2D eigenvalue weighted by atomic mass is 9.94. The zero-order valence-electron chi connectivity index (χ0n) is 12.7. The molecule has 2 N–H and O–H groups in total. The van der Waals surface area contributed by atoms with Crippen molar-refractivity contribution in [2.24, 2.45) is 0 Å². The van der Waals surface area contributed by atoms with Crippen LogP contribution in [0.15, 0.2) is 18.3 Å². The summed E-state index contributed by atoms with van der Waals surface area (Å²) < 4.78 is 0. The van der Waals surface area contributed by atoms with Crippen LogP contribution >= 0.6 is 0 Å². The summed E-state index contributed by atoms with van der Waals surface area (Å²) in [6, 6.07) is 4.28. The van der Waals surface area contributed by atoms with E-state index >= 15 is 0 Å². The molecule has 20 heavy (non-hydrogen) atoms. The Morgan fingerprint density at radius 2 is 2.10 bits per heavy atom. The van der Waals surface area contributed by atoms with Crippen LogP contribution in [0.25, 0.3) is 0 Å². The second kappa shape index (κ2) is 7.04. The molecule has 0 radical (unpaired) electrons. The van der Waals surface area contributed by atoms with Crippen LogP contribution in [-0.4, -0.2) is 35.3 Å². The number of hydrogen-bond acceptors (Lipinski definition) is 4. The first kappa shape index (κ1) is 15.3. The van der Waals surface area contributed by atoms with Gasteiger partial charge in [0.1, 0.15) is 5.82 Å². The molecule has 1 atom stereocenters. The lowest BCUT2D eigenvalue weighted by Gasteiger charge is -2.29. The molecule has 2 heterocycles. The fourth-order valence-corrected chi connectivity index (χ4v) is 2.61. The smallest absolute Gasteiger partial charge is 0.128 e. The van der Waals surface area contributed by atoms with E-state index in [4.69, 9.17) is 5.11 Å². The first-order valence-electron chi connectivity index (χ1n) is 7.72. The summed E-state index contributed by atoms with van der Waals surface area (Å²) in [5, 5.41) is 12.7. The van der Waals surface area contributed by atoms with E-state index in [0.717, 1.165) is 38.3 Å². The first-order valence-corrected chi connectivity index (χ1v) is 7.72. The molecule has 112 valence electrons. The van der Waals surface area contributed by atoms with E-state index in [1.165, 1.54) is 18.4 Å². The van der Waals surface area contributed by atoms with Gasteiger partial charge in [0.25, 0.3) is 0 Å². The van der Waals surface area contributed by atoms with Crippen LogP contribution in [-0.2, 0) is 6.54 Å². The van der Waals surface area contributed by atoms with Gasteiger partial charge in [0.05, 0.1) is 0 Å². The Balaban J connectivity index is 1.90. The lowest BCUT2D eigenvalue weighted by Crippen LogP contribution is -2.42. The van der Waals surface area contributed by atoms with Crippen molar-refractivity contribution in [2.45, 2.75) is 51.6 Å². The normalized spacial score (nSPS) is 18.2. The van der Waals surface area contributed by atoms with Gasteiger partial charge in [0.2, 0.25) is 0 Å². The van der Waals surface area contributed by atoms with Crippen LogP contribution in [0.2, 0.25) is 0 Å². The lowest BCUT2D eigenvalue weighted by molar-refractivity contribution is 0.214. The standard InChI is InChI=1S/C16H27N3O/c1-3-16(2,8-11-20)18-13-14-6-7-15(17-12-14)19-9-4-5-10-19/h6-7,12,18,20H,3-5,8-11,13H2,1-2H3. The Kier molecular flexibility index (Phi) is 5.38. The number of pyridine rings is 1. The Morgan fingerprint density at radius 3 is 2.65 bits per heavy atom. The number of nitrogens with zero attached hydrogens (tertiary/aromatic N) is 2. The predicted octanol–water partition coefficient (Wildman–Crippen LogP) is 2.32. The molecule has 2 rings (SSSR count). The summed E-state index contributed by atoms with van der Waals surface area (Å²) in [6.07, 6.45) is 6.31. The number of aliphatic hydroxyl groups is 1. The number of hydrogen-bond donors (Lipinski definition) is 2. The summed E-state index contributed by atoms with van der Waals surface area (Å²) in [4.78, 5) is 6.92. The fourth-order valence-electron chi connectivity index (χ4n) is 2.61. The van der Waals surface area contributed by atoms with Gasteiger partial charge in [-0.25, -0.2) is 4.98 Å². The molecule has 0 spiro atoms. The van der Waals surface area contributed by atoms with Crippen LogP contribution in [0.3, 0.4) is 0 Å². The van der Waals surface area contributed by atoms with Crippen molar-refractivity contribution in [3.8, 4) is 0 Å². The number of anilines is 1. The topological polar surface area (TPSA) is 48.4 Å². The van der Waals surface area contributed by atoms with E-state index in [9.17, 15) is 0 Å². The Labute approximate surface area is 122 Å². The van der Waals surface area contributed by atoms with Crippen molar-refractivity contribution >= 4 is 5.82 Å². The number of aromatic nitrogens is 1. The highest BCUT2D eigenvalue weighted by atomic mass is 16.3. The molecule has 1 unspecified atom stereocenters. The third-order valence-electron chi connectivity index (χ3n) is 4.40.